The summed E-state index contributed by atoms with van der Waals surface area (Å²) in [6.45, 7) is 2.39. The van der Waals surface area contributed by atoms with Crippen molar-refractivity contribution in [1.29, 1.82) is 0 Å². The Morgan fingerprint density at radius 3 is 2.91 bits per heavy atom. The van der Waals surface area contributed by atoms with Crippen molar-refractivity contribution in [3.8, 4) is 0 Å². The highest BCUT2D eigenvalue weighted by molar-refractivity contribution is 6.20. The third-order valence-electron chi connectivity index (χ3n) is 2.50. The number of halogens is 1. The Bertz CT molecular complexity index is 143. The first kappa shape index (κ1) is 7.84. The number of alkyl halides is 1. The Hall–Kier alpha value is 0.210. The zero-order chi connectivity index (χ0) is 7.73. The van der Waals surface area contributed by atoms with E-state index in [-0.39, 0.29) is 5.60 Å². The first-order valence-electron chi connectivity index (χ1n) is 4.17. The summed E-state index contributed by atoms with van der Waals surface area (Å²) < 4.78 is 11.0. The second-order valence-electron chi connectivity index (χ2n) is 3.42. The average molecular weight is 177 g/mol. The molecule has 0 aromatic carbocycles. The maximum atomic E-state index is 6.05. The van der Waals surface area contributed by atoms with E-state index in [0.717, 1.165) is 39.1 Å². The minimum Gasteiger partial charge on any atom is -0.378 e. The highest BCUT2D eigenvalue weighted by Gasteiger charge is 2.40. The van der Waals surface area contributed by atoms with Gasteiger partial charge in [-0.05, 0) is 12.8 Å². The van der Waals surface area contributed by atoms with Crippen molar-refractivity contribution in [3.63, 3.8) is 0 Å². The highest BCUT2D eigenvalue weighted by Crippen LogP contribution is 2.34. The van der Waals surface area contributed by atoms with Crippen molar-refractivity contribution in [3.05, 3.63) is 0 Å². The molecule has 0 saturated carbocycles. The summed E-state index contributed by atoms with van der Waals surface area (Å²) in [7, 11) is 0. The Morgan fingerprint density at radius 2 is 2.27 bits per heavy atom. The van der Waals surface area contributed by atoms with Gasteiger partial charge >= 0.3 is 0 Å². The third-order valence-corrected chi connectivity index (χ3v) is 2.87. The van der Waals surface area contributed by atoms with Gasteiger partial charge < -0.3 is 9.47 Å². The molecule has 1 spiro atoms. The molecule has 11 heavy (non-hydrogen) atoms. The van der Waals surface area contributed by atoms with Crippen LogP contribution in [0.1, 0.15) is 19.3 Å². The minimum absolute atomic E-state index is 0.00926. The van der Waals surface area contributed by atoms with E-state index in [0.29, 0.717) is 5.38 Å². The van der Waals surface area contributed by atoms with Gasteiger partial charge in [-0.25, -0.2) is 0 Å². The molecular weight excluding hydrogens is 164 g/mol. The lowest BCUT2D eigenvalue weighted by atomic mass is 9.93. The topological polar surface area (TPSA) is 18.5 Å². The molecule has 0 radical (unpaired) electrons. The molecule has 2 fully saturated rings. The van der Waals surface area contributed by atoms with Crippen LogP contribution in [0.3, 0.4) is 0 Å². The first-order chi connectivity index (χ1) is 5.31. The predicted molar refractivity (Wildman–Crippen MR) is 43.0 cm³/mol. The van der Waals surface area contributed by atoms with Crippen LogP contribution >= 0.6 is 11.6 Å². The van der Waals surface area contributed by atoms with E-state index >= 15 is 0 Å². The normalized spacial score (nSPS) is 45.0. The Balaban J connectivity index is 2.00. The van der Waals surface area contributed by atoms with Crippen molar-refractivity contribution >= 4 is 11.6 Å². The summed E-state index contributed by atoms with van der Waals surface area (Å²) in [5.74, 6) is 0. The van der Waals surface area contributed by atoms with Gasteiger partial charge in [0.2, 0.25) is 0 Å². The van der Waals surface area contributed by atoms with E-state index in [4.69, 9.17) is 21.1 Å². The van der Waals surface area contributed by atoms with E-state index in [2.05, 4.69) is 0 Å². The van der Waals surface area contributed by atoms with E-state index in [9.17, 15) is 0 Å². The van der Waals surface area contributed by atoms with Crippen LogP contribution in [-0.4, -0.2) is 30.8 Å². The van der Waals surface area contributed by atoms with Crippen LogP contribution in [0.5, 0.6) is 0 Å². The van der Waals surface area contributed by atoms with Crippen LogP contribution in [0.4, 0.5) is 0 Å². The summed E-state index contributed by atoms with van der Waals surface area (Å²) in [5, 5.41) is 0.297. The molecule has 0 bridgehead atoms. The van der Waals surface area contributed by atoms with Gasteiger partial charge in [0, 0.05) is 25.0 Å². The van der Waals surface area contributed by atoms with Gasteiger partial charge in [0.15, 0.2) is 0 Å². The summed E-state index contributed by atoms with van der Waals surface area (Å²) in [6, 6.07) is 0. The van der Waals surface area contributed by atoms with E-state index in [1.54, 1.807) is 0 Å². The maximum Gasteiger partial charge on any atom is 0.0950 e. The third kappa shape index (κ3) is 1.53. The number of rotatable bonds is 0. The highest BCUT2D eigenvalue weighted by atomic mass is 35.5. The smallest absolute Gasteiger partial charge is 0.0950 e. The first-order valence-corrected chi connectivity index (χ1v) is 4.60. The van der Waals surface area contributed by atoms with Crippen LogP contribution in [0, 0.1) is 0 Å². The van der Waals surface area contributed by atoms with E-state index < -0.39 is 0 Å². The molecule has 2 aliphatic rings. The predicted octanol–water partition coefficient (Wildman–Crippen LogP) is 1.56. The van der Waals surface area contributed by atoms with Crippen LogP contribution < -0.4 is 0 Å². The molecule has 0 aromatic heterocycles. The Labute approximate surface area is 71.8 Å². The molecule has 3 heteroatoms. The number of hydrogen-bond donors (Lipinski definition) is 0. The van der Waals surface area contributed by atoms with Crippen molar-refractivity contribution in [2.24, 2.45) is 0 Å². The minimum atomic E-state index is -0.00926. The van der Waals surface area contributed by atoms with Crippen molar-refractivity contribution < 1.29 is 9.47 Å². The molecule has 0 amide bonds. The molecule has 0 N–H and O–H groups in total. The lowest BCUT2D eigenvalue weighted by Crippen LogP contribution is -2.40. The lowest BCUT2D eigenvalue weighted by Gasteiger charge is -2.34. The Kier molecular flexibility index (Phi) is 2.08. The molecule has 2 nitrogen and oxygen atoms in total. The quantitative estimate of drug-likeness (QED) is 0.522. The lowest BCUT2D eigenvalue weighted by molar-refractivity contribution is -0.0777. The maximum absolute atomic E-state index is 6.05. The van der Waals surface area contributed by atoms with Crippen LogP contribution in [0.25, 0.3) is 0 Å². The van der Waals surface area contributed by atoms with Crippen molar-refractivity contribution in [2.75, 3.05) is 19.8 Å². The molecule has 64 valence electrons. The summed E-state index contributed by atoms with van der Waals surface area (Å²) in [4.78, 5) is 0. The fraction of sp³-hybridized carbons (Fsp3) is 1.00. The van der Waals surface area contributed by atoms with Gasteiger partial charge in [-0.2, -0.15) is 0 Å². The molecule has 2 heterocycles. The molecule has 0 aromatic rings. The van der Waals surface area contributed by atoms with Crippen LogP contribution in [-0.2, 0) is 9.47 Å². The molecule has 2 unspecified atom stereocenters. The molecule has 0 aliphatic carbocycles. The van der Waals surface area contributed by atoms with Gasteiger partial charge in [-0.15, -0.1) is 11.6 Å². The number of ether oxygens (including phenoxy) is 2. The SMILES string of the molecule is ClC1CCOC2(CCOC2)C1. The van der Waals surface area contributed by atoms with Gasteiger partial charge in [0.05, 0.1) is 12.2 Å². The average Bonchev–Trinajstić information content (AvgIpc) is 2.37. The molecule has 2 saturated heterocycles. The second-order valence-corrected chi connectivity index (χ2v) is 4.04. The molecule has 2 rings (SSSR count). The zero-order valence-corrected chi connectivity index (χ0v) is 7.27. The molecular formula is C8H13ClO2. The van der Waals surface area contributed by atoms with E-state index in [1.165, 1.54) is 0 Å². The summed E-state index contributed by atoms with van der Waals surface area (Å²) >= 11 is 6.05. The van der Waals surface area contributed by atoms with Gasteiger partial charge in [0.1, 0.15) is 0 Å². The second kappa shape index (κ2) is 2.92. The van der Waals surface area contributed by atoms with Gasteiger partial charge in [-0.1, -0.05) is 0 Å². The van der Waals surface area contributed by atoms with Gasteiger partial charge in [-0.3, -0.25) is 0 Å². The van der Waals surface area contributed by atoms with Crippen molar-refractivity contribution in [2.45, 2.75) is 30.2 Å². The monoisotopic (exact) mass is 176 g/mol. The Morgan fingerprint density at radius 1 is 1.36 bits per heavy atom. The summed E-state index contributed by atoms with van der Waals surface area (Å²) in [5.41, 5.74) is -0.00926. The zero-order valence-electron chi connectivity index (χ0n) is 6.51. The molecule has 2 atom stereocenters. The van der Waals surface area contributed by atoms with Crippen LogP contribution in [0.15, 0.2) is 0 Å². The number of hydrogen-bond acceptors (Lipinski definition) is 2. The largest absolute Gasteiger partial charge is 0.378 e. The standard InChI is InChI=1S/C8H13ClO2/c9-7-1-3-11-8(5-7)2-4-10-6-8/h7H,1-6H2. The summed E-state index contributed by atoms with van der Waals surface area (Å²) in [6.07, 6.45) is 2.98. The fourth-order valence-corrected chi connectivity index (χ4v) is 2.20. The van der Waals surface area contributed by atoms with Gasteiger partial charge in [0.25, 0.3) is 0 Å². The fourth-order valence-electron chi connectivity index (χ4n) is 1.83. The van der Waals surface area contributed by atoms with Crippen molar-refractivity contribution in [1.82, 2.24) is 0 Å². The van der Waals surface area contributed by atoms with E-state index in [1.807, 2.05) is 0 Å². The van der Waals surface area contributed by atoms with Crippen LogP contribution in [0.2, 0.25) is 0 Å². The molecule has 2 aliphatic heterocycles.